The van der Waals surface area contributed by atoms with Gasteiger partial charge in [-0.25, -0.2) is 9.37 Å². The smallest absolute Gasteiger partial charge is 0.137 e. The lowest BCUT2D eigenvalue weighted by molar-refractivity contribution is 0.230. The maximum Gasteiger partial charge on any atom is 0.137 e. The van der Waals surface area contributed by atoms with Crippen molar-refractivity contribution in [3.8, 4) is 17.3 Å². The van der Waals surface area contributed by atoms with Crippen LogP contribution in [0, 0.1) is 17.1 Å². The number of piperazine rings is 1. The van der Waals surface area contributed by atoms with E-state index in [2.05, 4.69) is 20.7 Å². The van der Waals surface area contributed by atoms with Gasteiger partial charge in [0.25, 0.3) is 0 Å². The molecule has 132 valence electrons. The first kappa shape index (κ1) is 16.7. The highest BCUT2D eigenvalue weighted by Crippen LogP contribution is 2.26. The van der Waals surface area contributed by atoms with Crippen molar-refractivity contribution >= 4 is 5.65 Å². The molecule has 1 aromatic carbocycles. The third-order valence-electron chi connectivity index (χ3n) is 4.76. The molecule has 2 aromatic heterocycles. The van der Waals surface area contributed by atoms with Crippen LogP contribution in [0.5, 0.6) is 0 Å². The second kappa shape index (κ2) is 7.24. The molecule has 1 aliphatic heterocycles. The van der Waals surface area contributed by atoms with E-state index >= 15 is 0 Å². The molecular formula is C20H20FN5. The standard InChI is InChI=1S/C20H20FN5/c21-17-4-2-16(3-5-17)20-18(14-25-11-9-23-10-12-25)26-13-15(7-8-22)1-6-19(26)24-20/h1-6,13,23H,7,9-12,14H2. The fraction of sp³-hybridized carbons (Fsp3) is 0.300. The van der Waals surface area contributed by atoms with Crippen molar-refractivity contribution in [3.05, 3.63) is 59.7 Å². The van der Waals surface area contributed by atoms with E-state index < -0.39 is 0 Å². The van der Waals surface area contributed by atoms with Crippen LogP contribution < -0.4 is 5.32 Å². The summed E-state index contributed by atoms with van der Waals surface area (Å²) in [4.78, 5) is 7.19. The number of nitrogens with zero attached hydrogens (tertiary/aromatic N) is 4. The lowest BCUT2D eigenvalue weighted by atomic mass is 10.1. The van der Waals surface area contributed by atoms with Gasteiger partial charge in [0.1, 0.15) is 11.5 Å². The number of fused-ring (bicyclic) bond motifs is 1. The number of aromatic nitrogens is 2. The van der Waals surface area contributed by atoms with Crippen molar-refractivity contribution < 1.29 is 4.39 Å². The fourth-order valence-corrected chi connectivity index (χ4v) is 3.40. The Morgan fingerprint density at radius 2 is 1.88 bits per heavy atom. The van der Waals surface area contributed by atoms with Crippen molar-refractivity contribution in [3.63, 3.8) is 0 Å². The molecule has 0 bridgehead atoms. The van der Waals surface area contributed by atoms with Gasteiger partial charge < -0.3 is 9.72 Å². The van der Waals surface area contributed by atoms with Crippen LogP contribution in [-0.4, -0.2) is 40.5 Å². The molecule has 0 aliphatic carbocycles. The van der Waals surface area contributed by atoms with Gasteiger partial charge in [-0.3, -0.25) is 4.90 Å². The van der Waals surface area contributed by atoms with Gasteiger partial charge >= 0.3 is 0 Å². The molecular weight excluding hydrogens is 329 g/mol. The summed E-state index contributed by atoms with van der Waals surface area (Å²) in [5.74, 6) is -0.252. The summed E-state index contributed by atoms with van der Waals surface area (Å²) in [5, 5.41) is 12.4. The number of benzene rings is 1. The topological polar surface area (TPSA) is 56.4 Å². The normalized spacial score (nSPS) is 15.2. The van der Waals surface area contributed by atoms with Crippen LogP contribution >= 0.6 is 0 Å². The van der Waals surface area contributed by atoms with Crippen molar-refractivity contribution in [1.82, 2.24) is 19.6 Å². The second-order valence-electron chi connectivity index (χ2n) is 6.54. The number of rotatable bonds is 4. The summed E-state index contributed by atoms with van der Waals surface area (Å²) in [6, 6.07) is 12.6. The van der Waals surface area contributed by atoms with Gasteiger partial charge in [0.05, 0.1) is 23.9 Å². The van der Waals surface area contributed by atoms with E-state index in [1.807, 2.05) is 18.3 Å². The van der Waals surface area contributed by atoms with Crippen LogP contribution in [-0.2, 0) is 13.0 Å². The van der Waals surface area contributed by atoms with Crippen LogP contribution in [0.15, 0.2) is 42.6 Å². The molecule has 3 heterocycles. The highest BCUT2D eigenvalue weighted by atomic mass is 19.1. The number of imidazole rings is 1. The predicted octanol–water partition coefficient (Wildman–Crippen LogP) is 2.61. The van der Waals surface area contributed by atoms with Crippen LogP contribution in [0.3, 0.4) is 0 Å². The lowest BCUT2D eigenvalue weighted by Crippen LogP contribution is -2.43. The van der Waals surface area contributed by atoms with E-state index in [9.17, 15) is 4.39 Å². The summed E-state index contributed by atoms with van der Waals surface area (Å²) in [5.41, 5.74) is 4.66. The Morgan fingerprint density at radius 3 is 2.62 bits per heavy atom. The summed E-state index contributed by atoms with van der Waals surface area (Å²) < 4.78 is 15.4. The quantitative estimate of drug-likeness (QED) is 0.787. The summed E-state index contributed by atoms with van der Waals surface area (Å²) >= 11 is 0. The summed E-state index contributed by atoms with van der Waals surface area (Å²) in [6.45, 7) is 4.68. The van der Waals surface area contributed by atoms with E-state index in [1.165, 1.54) is 12.1 Å². The molecule has 1 saturated heterocycles. The number of nitriles is 1. The molecule has 0 unspecified atom stereocenters. The molecule has 3 aromatic rings. The Hall–Kier alpha value is -2.75. The van der Waals surface area contributed by atoms with Crippen LogP contribution in [0.2, 0.25) is 0 Å². The molecule has 1 fully saturated rings. The van der Waals surface area contributed by atoms with Crippen molar-refractivity contribution in [2.24, 2.45) is 0 Å². The average molecular weight is 349 g/mol. The first-order valence-electron chi connectivity index (χ1n) is 8.80. The molecule has 26 heavy (non-hydrogen) atoms. The van der Waals surface area contributed by atoms with Gasteiger partial charge in [0.2, 0.25) is 0 Å². The van der Waals surface area contributed by atoms with Gasteiger partial charge in [0, 0.05) is 44.5 Å². The van der Waals surface area contributed by atoms with E-state index in [4.69, 9.17) is 10.2 Å². The van der Waals surface area contributed by atoms with E-state index in [0.29, 0.717) is 6.42 Å². The Bertz CT molecular complexity index is 949. The van der Waals surface area contributed by atoms with Gasteiger partial charge in [-0.05, 0) is 35.9 Å². The van der Waals surface area contributed by atoms with Crippen molar-refractivity contribution in [2.75, 3.05) is 26.2 Å². The second-order valence-corrected chi connectivity index (χ2v) is 6.54. The van der Waals surface area contributed by atoms with Gasteiger partial charge in [-0.2, -0.15) is 5.26 Å². The molecule has 0 saturated carbocycles. The predicted molar refractivity (Wildman–Crippen MR) is 98.0 cm³/mol. The maximum absolute atomic E-state index is 13.3. The molecule has 0 spiro atoms. The third-order valence-corrected chi connectivity index (χ3v) is 4.76. The van der Waals surface area contributed by atoms with Crippen molar-refractivity contribution in [1.29, 1.82) is 5.26 Å². The van der Waals surface area contributed by atoms with Crippen LogP contribution in [0.25, 0.3) is 16.9 Å². The minimum atomic E-state index is -0.252. The summed E-state index contributed by atoms with van der Waals surface area (Å²) in [6.07, 6.45) is 2.36. The molecule has 0 amide bonds. The number of nitrogens with one attached hydrogen (secondary N) is 1. The van der Waals surface area contributed by atoms with E-state index in [1.54, 1.807) is 12.1 Å². The average Bonchev–Trinajstić information content (AvgIpc) is 3.01. The highest BCUT2D eigenvalue weighted by Gasteiger charge is 2.19. The van der Waals surface area contributed by atoms with Gasteiger partial charge in [0.15, 0.2) is 0 Å². The largest absolute Gasteiger partial charge is 0.314 e. The van der Waals surface area contributed by atoms with Crippen molar-refractivity contribution in [2.45, 2.75) is 13.0 Å². The molecule has 4 rings (SSSR count). The molecule has 6 heteroatoms. The minimum absolute atomic E-state index is 0.252. The molecule has 1 aliphatic rings. The Morgan fingerprint density at radius 1 is 1.12 bits per heavy atom. The first-order valence-corrected chi connectivity index (χ1v) is 8.80. The molecule has 0 atom stereocenters. The zero-order chi connectivity index (χ0) is 17.9. The zero-order valence-corrected chi connectivity index (χ0v) is 14.5. The van der Waals surface area contributed by atoms with Gasteiger partial charge in [-0.15, -0.1) is 0 Å². The molecule has 1 N–H and O–H groups in total. The van der Waals surface area contributed by atoms with Crippen LogP contribution in [0.4, 0.5) is 4.39 Å². The molecule has 5 nitrogen and oxygen atoms in total. The lowest BCUT2D eigenvalue weighted by Gasteiger charge is -2.27. The third kappa shape index (κ3) is 3.32. The SMILES string of the molecule is N#CCc1ccc2nc(-c3ccc(F)cc3)c(CN3CCNCC3)n2c1. The number of hydrogen-bond donors (Lipinski definition) is 1. The zero-order valence-electron chi connectivity index (χ0n) is 14.5. The van der Waals surface area contributed by atoms with Crippen LogP contribution in [0.1, 0.15) is 11.3 Å². The Kier molecular flexibility index (Phi) is 4.65. The maximum atomic E-state index is 13.3. The Labute approximate surface area is 151 Å². The first-order chi connectivity index (χ1) is 12.7. The van der Waals surface area contributed by atoms with E-state index in [0.717, 1.165) is 60.9 Å². The fourth-order valence-electron chi connectivity index (χ4n) is 3.40. The number of hydrogen-bond acceptors (Lipinski definition) is 4. The Balaban J connectivity index is 1.81. The summed E-state index contributed by atoms with van der Waals surface area (Å²) in [7, 11) is 0. The molecule has 0 radical (unpaired) electrons. The van der Waals surface area contributed by atoms with Gasteiger partial charge in [-0.1, -0.05) is 6.07 Å². The number of pyridine rings is 1. The number of halogens is 1. The minimum Gasteiger partial charge on any atom is -0.314 e. The highest BCUT2D eigenvalue weighted by molar-refractivity contribution is 5.66. The van der Waals surface area contributed by atoms with E-state index in [-0.39, 0.29) is 5.82 Å². The monoisotopic (exact) mass is 349 g/mol.